The third-order valence-electron chi connectivity index (χ3n) is 3.12. The summed E-state index contributed by atoms with van der Waals surface area (Å²) in [6, 6.07) is 14.3. The van der Waals surface area contributed by atoms with Gasteiger partial charge in [-0.05, 0) is 42.0 Å². The molecule has 0 saturated carbocycles. The maximum Gasteiger partial charge on any atom is 0.123 e. The highest BCUT2D eigenvalue weighted by Gasteiger charge is 2.22. The second-order valence-corrected chi connectivity index (χ2v) is 6.42. The van der Waals surface area contributed by atoms with Crippen LogP contribution in [-0.4, -0.2) is 12.6 Å². The van der Waals surface area contributed by atoms with E-state index in [1.165, 1.54) is 5.56 Å². The van der Waals surface area contributed by atoms with Gasteiger partial charge in [0.2, 0.25) is 0 Å². The minimum Gasteiger partial charge on any atom is -0.488 e. The van der Waals surface area contributed by atoms with E-state index in [2.05, 4.69) is 55.4 Å². The van der Waals surface area contributed by atoms with Crippen LogP contribution in [0.2, 0.25) is 0 Å². The quantitative estimate of drug-likeness (QED) is 0.835. The number of hydrogen-bond acceptors (Lipinski definition) is 2. The van der Waals surface area contributed by atoms with Gasteiger partial charge in [0, 0.05) is 21.1 Å². The lowest BCUT2D eigenvalue weighted by Crippen LogP contribution is -2.23. The molecule has 0 bridgehead atoms. The van der Waals surface area contributed by atoms with Crippen LogP contribution < -0.4 is 10.1 Å². The maximum absolute atomic E-state index is 5.92. The highest BCUT2D eigenvalue weighted by Crippen LogP contribution is 2.31. The molecule has 0 radical (unpaired) electrons. The van der Waals surface area contributed by atoms with Crippen molar-refractivity contribution in [1.82, 2.24) is 0 Å². The topological polar surface area (TPSA) is 21.3 Å². The second kappa shape index (κ2) is 5.55. The summed E-state index contributed by atoms with van der Waals surface area (Å²) in [5, 5.41) is 3.41. The minimum atomic E-state index is 0.197. The van der Waals surface area contributed by atoms with E-state index >= 15 is 0 Å². The molecular weight excluding hydrogens is 370 g/mol. The van der Waals surface area contributed by atoms with Gasteiger partial charge in [-0.15, -0.1) is 0 Å². The van der Waals surface area contributed by atoms with E-state index in [0.717, 1.165) is 33.3 Å². The zero-order chi connectivity index (χ0) is 13.2. The Kier molecular flexibility index (Phi) is 3.80. The Morgan fingerprint density at radius 2 is 1.95 bits per heavy atom. The largest absolute Gasteiger partial charge is 0.488 e. The molecule has 98 valence electrons. The molecule has 0 spiro atoms. The number of rotatable bonds is 3. The SMILES string of the molecule is Brc1cccc(NCC2Cc3cc(Br)ccc3O2)c1. The molecule has 3 rings (SSSR count). The van der Waals surface area contributed by atoms with Gasteiger partial charge in [-0.3, -0.25) is 0 Å². The van der Waals surface area contributed by atoms with Crippen LogP contribution in [0.25, 0.3) is 0 Å². The zero-order valence-corrected chi connectivity index (χ0v) is 13.4. The molecule has 2 nitrogen and oxygen atoms in total. The van der Waals surface area contributed by atoms with E-state index in [1.54, 1.807) is 0 Å². The van der Waals surface area contributed by atoms with Crippen molar-refractivity contribution >= 4 is 37.5 Å². The van der Waals surface area contributed by atoms with Crippen LogP contribution in [0.3, 0.4) is 0 Å². The van der Waals surface area contributed by atoms with Gasteiger partial charge >= 0.3 is 0 Å². The molecule has 1 aliphatic heterocycles. The lowest BCUT2D eigenvalue weighted by molar-refractivity contribution is 0.246. The van der Waals surface area contributed by atoms with Crippen molar-refractivity contribution in [3.05, 3.63) is 57.0 Å². The van der Waals surface area contributed by atoms with E-state index in [4.69, 9.17) is 4.74 Å². The average molecular weight is 383 g/mol. The van der Waals surface area contributed by atoms with Gasteiger partial charge in [0.25, 0.3) is 0 Å². The van der Waals surface area contributed by atoms with Crippen molar-refractivity contribution in [2.75, 3.05) is 11.9 Å². The number of fused-ring (bicyclic) bond motifs is 1. The number of benzene rings is 2. The highest BCUT2D eigenvalue weighted by atomic mass is 79.9. The minimum absolute atomic E-state index is 0.197. The molecule has 1 unspecified atom stereocenters. The van der Waals surface area contributed by atoms with Gasteiger partial charge < -0.3 is 10.1 Å². The number of anilines is 1. The normalized spacial score (nSPS) is 16.8. The molecule has 19 heavy (non-hydrogen) atoms. The van der Waals surface area contributed by atoms with Crippen LogP contribution in [-0.2, 0) is 6.42 Å². The molecule has 0 saturated heterocycles. The lowest BCUT2D eigenvalue weighted by Gasteiger charge is -2.13. The summed E-state index contributed by atoms with van der Waals surface area (Å²) in [6.07, 6.45) is 1.15. The van der Waals surface area contributed by atoms with Crippen molar-refractivity contribution in [3.63, 3.8) is 0 Å². The Balaban J connectivity index is 1.62. The standard InChI is InChI=1S/C15H13Br2NO/c16-11-2-1-3-13(8-11)18-9-14-7-10-6-12(17)4-5-15(10)19-14/h1-6,8,14,18H,7,9H2. The molecule has 1 heterocycles. The Hall–Kier alpha value is -1.00. The van der Waals surface area contributed by atoms with Crippen LogP contribution in [0.4, 0.5) is 5.69 Å². The van der Waals surface area contributed by atoms with E-state index in [1.807, 2.05) is 24.3 Å². The van der Waals surface area contributed by atoms with Gasteiger partial charge in [-0.2, -0.15) is 0 Å². The molecular formula is C15H13Br2NO. The van der Waals surface area contributed by atoms with Crippen molar-refractivity contribution in [3.8, 4) is 5.75 Å². The number of nitrogens with one attached hydrogen (secondary N) is 1. The van der Waals surface area contributed by atoms with Crippen molar-refractivity contribution in [1.29, 1.82) is 0 Å². The van der Waals surface area contributed by atoms with Gasteiger partial charge in [-0.1, -0.05) is 37.9 Å². The highest BCUT2D eigenvalue weighted by molar-refractivity contribution is 9.10. The Bertz CT molecular complexity index is 600. The molecule has 4 heteroatoms. The third-order valence-corrected chi connectivity index (χ3v) is 4.11. The summed E-state index contributed by atoms with van der Waals surface area (Å²) in [4.78, 5) is 0. The first-order chi connectivity index (χ1) is 9.20. The van der Waals surface area contributed by atoms with Gasteiger partial charge in [-0.25, -0.2) is 0 Å². The van der Waals surface area contributed by atoms with E-state index in [-0.39, 0.29) is 6.10 Å². The first-order valence-corrected chi connectivity index (χ1v) is 7.74. The monoisotopic (exact) mass is 381 g/mol. The average Bonchev–Trinajstić information content (AvgIpc) is 2.78. The molecule has 1 aliphatic rings. The number of halogens is 2. The maximum atomic E-state index is 5.92. The van der Waals surface area contributed by atoms with Crippen LogP contribution in [0, 0.1) is 0 Å². The van der Waals surface area contributed by atoms with Crippen molar-refractivity contribution in [2.24, 2.45) is 0 Å². The van der Waals surface area contributed by atoms with E-state index in [0.29, 0.717) is 0 Å². The van der Waals surface area contributed by atoms with Gasteiger partial charge in [0.05, 0.1) is 6.54 Å². The fraction of sp³-hybridized carbons (Fsp3) is 0.200. The number of ether oxygens (including phenoxy) is 1. The molecule has 0 amide bonds. The summed E-state index contributed by atoms with van der Waals surface area (Å²) in [5.41, 5.74) is 2.38. The summed E-state index contributed by atoms with van der Waals surface area (Å²) in [5.74, 6) is 1.00. The third kappa shape index (κ3) is 3.12. The molecule has 2 aromatic carbocycles. The van der Waals surface area contributed by atoms with Gasteiger partial charge in [0.1, 0.15) is 11.9 Å². The fourth-order valence-corrected chi connectivity index (χ4v) is 3.04. The lowest BCUT2D eigenvalue weighted by atomic mass is 10.1. The van der Waals surface area contributed by atoms with Crippen LogP contribution >= 0.6 is 31.9 Å². The summed E-state index contributed by atoms with van der Waals surface area (Å²) >= 11 is 6.96. The van der Waals surface area contributed by atoms with Crippen LogP contribution in [0.1, 0.15) is 5.56 Å². The molecule has 0 aliphatic carbocycles. The van der Waals surface area contributed by atoms with E-state index < -0.39 is 0 Å². The fourth-order valence-electron chi connectivity index (χ4n) is 2.23. The van der Waals surface area contributed by atoms with E-state index in [9.17, 15) is 0 Å². The smallest absolute Gasteiger partial charge is 0.123 e. The molecule has 1 N–H and O–H groups in total. The summed E-state index contributed by atoms with van der Waals surface area (Å²) in [7, 11) is 0. The second-order valence-electron chi connectivity index (χ2n) is 4.59. The predicted molar refractivity (Wildman–Crippen MR) is 84.9 cm³/mol. The Labute approximate surface area is 129 Å². The first kappa shape index (κ1) is 13.0. The van der Waals surface area contributed by atoms with Crippen molar-refractivity contribution in [2.45, 2.75) is 12.5 Å². The molecule has 2 aromatic rings. The Morgan fingerprint density at radius 1 is 1.11 bits per heavy atom. The predicted octanol–water partition coefficient (Wildman–Crippen LogP) is 4.63. The van der Waals surface area contributed by atoms with Crippen LogP contribution in [0.15, 0.2) is 51.4 Å². The van der Waals surface area contributed by atoms with Crippen LogP contribution in [0.5, 0.6) is 5.75 Å². The first-order valence-electron chi connectivity index (χ1n) is 6.15. The zero-order valence-electron chi connectivity index (χ0n) is 10.2. The molecule has 0 aromatic heterocycles. The van der Waals surface area contributed by atoms with Gasteiger partial charge in [0.15, 0.2) is 0 Å². The Morgan fingerprint density at radius 3 is 2.79 bits per heavy atom. The summed E-state index contributed by atoms with van der Waals surface area (Å²) in [6.45, 7) is 0.808. The summed E-state index contributed by atoms with van der Waals surface area (Å²) < 4.78 is 8.11. The van der Waals surface area contributed by atoms with Crippen molar-refractivity contribution < 1.29 is 4.74 Å². The molecule has 0 fully saturated rings. The number of hydrogen-bond donors (Lipinski definition) is 1. The molecule has 1 atom stereocenters.